The van der Waals surface area contributed by atoms with Crippen LogP contribution in [0.2, 0.25) is 0 Å². The Morgan fingerprint density at radius 1 is 0.536 bits per heavy atom. The van der Waals surface area contributed by atoms with E-state index >= 15 is 0 Å². The van der Waals surface area contributed by atoms with Crippen LogP contribution in [0.15, 0.2) is 97.2 Å². The average Bonchev–Trinajstić information content (AvgIpc) is 2.95. The van der Waals surface area contributed by atoms with E-state index in [1.54, 1.807) is 0 Å². The normalized spacial score (nSPS) is 19.9. The predicted molar refractivity (Wildman–Crippen MR) is 124 cm³/mol. The van der Waals surface area contributed by atoms with Gasteiger partial charge in [-0.05, 0) is 33.0 Å². The van der Waals surface area contributed by atoms with Crippen LogP contribution >= 0.6 is 0 Å². The average molecular weight is 365 g/mol. The van der Waals surface area contributed by atoms with Crippen molar-refractivity contribution in [2.75, 3.05) is 0 Å². The molecular weight excluding hydrogens is 336 g/mol. The third-order valence-corrected chi connectivity index (χ3v) is 5.53. The highest BCUT2D eigenvalue weighted by Gasteiger charge is 2.15. The van der Waals surface area contributed by atoms with Crippen LogP contribution in [-0.2, 0) is 0 Å². The first-order valence-corrected chi connectivity index (χ1v) is 10.0. The molecule has 0 nitrogen and oxygen atoms in total. The molecule has 4 rings (SSSR count). The minimum atomic E-state index is 0.0864. The molecule has 28 heavy (non-hydrogen) atoms. The smallest absolute Gasteiger partial charge is 0.00109 e. The van der Waals surface area contributed by atoms with Gasteiger partial charge < -0.3 is 0 Å². The van der Waals surface area contributed by atoms with Crippen molar-refractivity contribution in [3.63, 3.8) is 0 Å². The summed E-state index contributed by atoms with van der Waals surface area (Å²) in [6, 6.07) is 13.3. The highest BCUT2D eigenvalue weighted by atomic mass is 14.2. The van der Waals surface area contributed by atoms with Gasteiger partial charge in [0.1, 0.15) is 0 Å². The molecular formula is C28H28. The van der Waals surface area contributed by atoms with E-state index in [0.29, 0.717) is 0 Å². The van der Waals surface area contributed by atoms with Crippen molar-refractivity contribution in [1.29, 1.82) is 0 Å². The zero-order valence-electron chi connectivity index (χ0n) is 17.2. The topological polar surface area (TPSA) is 0 Å². The Labute approximate surface area is 169 Å². The summed E-state index contributed by atoms with van der Waals surface area (Å²) in [5.41, 5.74) is 5.26. The molecule has 0 aliphatic heterocycles. The lowest BCUT2D eigenvalue weighted by molar-refractivity contribution is 0.627. The quantitative estimate of drug-likeness (QED) is 0.508. The summed E-state index contributed by atoms with van der Waals surface area (Å²) in [5.74, 6) is 0. The predicted octanol–water partition coefficient (Wildman–Crippen LogP) is 7.91. The lowest BCUT2D eigenvalue weighted by Gasteiger charge is -2.15. The molecule has 2 aromatic rings. The molecule has 2 aliphatic carbocycles. The molecule has 0 bridgehead atoms. The fourth-order valence-corrected chi connectivity index (χ4v) is 3.79. The number of hydrogen-bond donors (Lipinski definition) is 0. The number of rotatable bonds is 2. The van der Waals surface area contributed by atoms with E-state index in [2.05, 4.69) is 125 Å². The lowest BCUT2D eigenvalue weighted by atomic mass is 9.89. The zero-order valence-corrected chi connectivity index (χ0v) is 17.2. The maximum absolute atomic E-state index is 2.29. The molecule has 0 spiro atoms. The number of hydrogen-bond acceptors (Lipinski definition) is 0. The molecule has 0 N–H and O–H groups in total. The molecule has 0 saturated carbocycles. The minimum absolute atomic E-state index is 0.0864. The van der Waals surface area contributed by atoms with Crippen LogP contribution in [0.25, 0.3) is 21.9 Å². The van der Waals surface area contributed by atoms with E-state index in [1.165, 1.54) is 33.0 Å². The maximum Gasteiger partial charge on any atom is 0.00109 e. The van der Waals surface area contributed by atoms with E-state index in [0.717, 1.165) is 0 Å². The van der Waals surface area contributed by atoms with Crippen LogP contribution in [0.5, 0.6) is 0 Å². The molecule has 0 saturated heterocycles. The van der Waals surface area contributed by atoms with Gasteiger partial charge in [-0.1, -0.05) is 125 Å². The summed E-state index contributed by atoms with van der Waals surface area (Å²) in [6.07, 6.45) is 22.4. The molecule has 0 atom stereocenters. The summed E-state index contributed by atoms with van der Waals surface area (Å²) in [6.45, 7) is 8.94. The van der Waals surface area contributed by atoms with Crippen LogP contribution in [-0.4, -0.2) is 0 Å². The van der Waals surface area contributed by atoms with Gasteiger partial charge in [-0.2, -0.15) is 0 Å². The SMILES string of the molecule is CC1(C)C=CC=C(c2ccc(C3=CC=CC(C)(C)C=C3)c3ccccc23)C=C1. The first kappa shape index (κ1) is 18.5. The molecule has 0 radical (unpaired) electrons. The fourth-order valence-electron chi connectivity index (χ4n) is 3.79. The first-order valence-electron chi connectivity index (χ1n) is 10.0. The molecule has 140 valence electrons. The van der Waals surface area contributed by atoms with Crippen LogP contribution in [0, 0.1) is 10.8 Å². The van der Waals surface area contributed by atoms with Gasteiger partial charge in [0.2, 0.25) is 0 Å². The Bertz CT molecular complexity index is 1000. The Balaban J connectivity index is 1.85. The Morgan fingerprint density at radius 2 is 0.964 bits per heavy atom. The van der Waals surface area contributed by atoms with E-state index < -0.39 is 0 Å². The zero-order chi connectivity index (χ0) is 19.8. The summed E-state index contributed by atoms with van der Waals surface area (Å²) in [7, 11) is 0. The van der Waals surface area contributed by atoms with Crippen molar-refractivity contribution in [2.45, 2.75) is 27.7 Å². The van der Waals surface area contributed by atoms with Crippen LogP contribution < -0.4 is 0 Å². The van der Waals surface area contributed by atoms with Gasteiger partial charge in [0.15, 0.2) is 0 Å². The summed E-state index contributed by atoms with van der Waals surface area (Å²) in [4.78, 5) is 0. The van der Waals surface area contributed by atoms with Gasteiger partial charge in [0, 0.05) is 10.8 Å². The Hall–Kier alpha value is -2.86. The fraction of sp³-hybridized carbons (Fsp3) is 0.214. The third kappa shape index (κ3) is 3.73. The largest absolute Gasteiger partial charge is 0.0751 e. The molecule has 2 aliphatic rings. The van der Waals surface area contributed by atoms with Crippen molar-refractivity contribution >= 4 is 21.9 Å². The van der Waals surface area contributed by atoms with Gasteiger partial charge in [-0.3, -0.25) is 0 Å². The molecule has 0 unspecified atom stereocenters. The molecule has 0 aromatic heterocycles. The van der Waals surface area contributed by atoms with Crippen LogP contribution in [0.3, 0.4) is 0 Å². The monoisotopic (exact) mass is 364 g/mol. The summed E-state index contributed by atoms with van der Waals surface area (Å²) in [5, 5.41) is 2.59. The molecule has 0 heteroatoms. The van der Waals surface area contributed by atoms with Gasteiger partial charge in [-0.15, -0.1) is 0 Å². The number of benzene rings is 2. The van der Waals surface area contributed by atoms with Crippen molar-refractivity contribution in [2.24, 2.45) is 10.8 Å². The maximum atomic E-state index is 2.29. The standard InChI is InChI=1S/C28H28/c1-27(2)17-7-9-21(15-19-27)23-13-14-24(26-12-6-5-11-25(23)26)22-10-8-18-28(3,4)20-16-22/h5-20H,1-4H3. The lowest BCUT2D eigenvalue weighted by Crippen LogP contribution is -2.00. The van der Waals surface area contributed by atoms with E-state index in [1.807, 2.05) is 0 Å². The molecule has 0 heterocycles. The van der Waals surface area contributed by atoms with Gasteiger partial charge in [0.05, 0.1) is 0 Å². The van der Waals surface area contributed by atoms with Crippen molar-refractivity contribution in [3.8, 4) is 0 Å². The van der Waals surface area contributed by atoms with Crippen molar-refractivity contribution < 1.29 is 0 Å². The Kier molecular flexibility index (Phi) is 4.59. The Morgan fingerprint density at radius 3 is 1.39 bits per heavy atom. The summed E-state index contributed by atoms with van der Waals surface area (Å²) >= 11 is 0. The van der Waals surface area contributed by atoms with Gasteiger partial charge in [-0.25, -0.2) is 0 Å². The van der Waals surface area contributed by atoms with Gasteiger partial charge >= 0.3 is 0 Å². The van der Waals surface area contributed by atoms with Crippen LogP contribution in [0.1, 0.15) is 38.8 Å². The second-order valence-electron chi connectivity index (χ2n) is 8.98. The van der Waals surface area contributed by atoms with Crippen molar-refractivity contribution in [1.82, 2.24) is 0 Å². The van der Waals surface area contributed by atoms with E-state index in [-0.39, 0.29) is 10.8 Å². The number of fused-ring (bicyclic) bond motifs is 1. The van der Waals surface area contributed by atoms with Gasteiger partial charge in [0.25, 0.3) is 0 Å². The first-order chi connectivity index (χ1) is 13.3. The highest BCUT2D eigenvalue weighted by molar-refractivity contribution is 6.03. The number of allylic oxidation sites excluding steroid dienone is 12. The van der Waals surface area contributed by atoms with E-state index in [9.17, 15) is 0 Å². The van der Waals surface area contributed by atoms with E-state index in [4.69, 9.17) is 0 Å². The second kappa shape index (κ2) is 6.95. The molecule has 0 amide bonds. The second-order valence-corrected chi connectivity index (χ2v) is 8.98. The van der Waals surface area contributed by atoms with Crippen LogP contribution in [0.4, 0.5) is 0 Å². The highest BCUT2D eigenvalue weighted by Crippen LogP contribution is 2.35. The van der Waals surface area contributed by atoms with Crippen molar-refractivity contribution in [3.05, 3.63) is 108 Å². The molecule has 0 fully saturated rings. The summed E-state index contributed by atoms with van der Waals surface area (Å²) < 4.78 is 0. The third-order valence-electron chi connectivity index (χ3n) is 5.53. The minimum Gasteiger partial charge on any atom is -0.0751 e. The molecule has 2 aromatic carbocycles.